The van der Waals surface area contributed by atoms with E-state index in [0.29, 0.717) is 0 Å². The molecule has 0 aromatic rings. The Bertz CT molecular complexity index is 236. The van der Waals surface area contributed by atoms with Gasteiger partial charge in [-0.1, -0.05) is 51.4 Å². The number of hydrogen-bond acceptors (Lipinski definition) is 3. The second-order valence-electron chi connectivity index (χ2n) is 5.02. The van der Waals surface area contributed by atoms with Crippen LogP contribution in [0.1, 0.15) is 71.1 Å². The van der Waals surface area contributed by atoms with E-state index < -0.39 is 5.97 Å². The Morgan fingerprint density at radius 2 is 1.24 bits per heavy atom. The zero-order valence-electron chi connectivity index (χ0n) is 10.9. The van der Waals surface area contributed by atoms with E-state index >= 15 is 0 Å². The van der Waals surface area contributed by atoms with E-state index in [1.54, 1.807) is 0 Å². The van der Waals surface area contributed by atoms with Gasteiger partial charge in [0.1, 0.15) is 0 Å². The van der Waals surface area contributed by atoms with Crippen LogP contribution < -0.4 is 0 Å². The molecule has 1 rings (SSSR count). The lowest BCUT2D eigenvalue weighted by atomic mass is 9.95. The first kappa shape index (κ1) is 14.2. The first-order valence-electron chi connectivity index (χ1n) is 6.92. The Labute approximate surface area is 104 Å². The maximum atomic E-state index is 11.7. The minimum absolute atomic E-state index is 0.0583. The number of esters is 2. The molecule has 3 heteroatoms. The smallest absolute Gasteiger partial charge is 0.316 e. The zero-order valence-corrected chi connectivity index (χ0v) is 10.9. The summed E-state index contributed by atoms with van der Waals surface area (Å²) in [6.07, 6.45) is 11.5. The molecule has 0 unspecified atom stereocenters. The summed E-state index contributed by atoms with van der Waals surface area (Å²) in [6.45, 7) is 1.29. The van der Waals surface area contributed by atoms with Crippen LogP contribution in [0, 0.1) is 5.92 Å². The van der Waals surface area contributed by atoms with Crippen LogP contribution in [0.5, 0.6) is 0 Å². The van der Waals surface area contributed by atoms with Gasteiger partial charge in [0, 0.05) is 6.92 Å². The molecule has 0 spiro atoms. The fraction of sp³-hybridized carbons (Fsp3) is 0.857. The molecule has 1 aliphatic carbocycles. The van der Waals surface area contributed by atoms with Gasteiger partial charge in [-0.25, -0.2) is 0 Å². The van der Waals surface area contributed by atoms with Crippen molar-refractivity contribution in [3.63, 3.8) is 0 Å². The lowest BCUT2D eigenvalue weighted by Gasteiger charge is -2.13. The Morgan fingerprint density at radius 3 is 1.65 bits per heavy atom. The van der Waals surface area contributed by atoms with Gasteiger partial charge >= 0.3 is 11.9 Å². The summed E-state index contributed by atoms with van der Waals surface area (Å²) in [5.41, 5.74) is 0. The monoisotopic (exact) mass is 240 g/mol. The summed E-state index contributed by atoms with van der Waals surface area (Å²) < 4.78 is 4.71. The molecule has 0 bridgehead atoms. The summed E-state index contributed by atoms with van der Waals surface area (Å²) in [5, 5.41) is 0. The summed E-state index contributed by atoms with van der Waals surface area (Å²) >= 11 is 0. The van der Waals surface area contributed by atoms with E-state index in [1.165, 1.54) is 45.4 Å². The lowest BCUT2D eigenvalue weighted by Crippen LogP contribution is -2.20. The molecule has 0 amide bonds. The number of rotatable bonds is 1. The van der Waals surface area contributed by atoms with Crippen LogP contribution >= 0.6 is 0 Å². The first-order chi connectivity index (χ1) is 8.20. The standard InChI is InChI=1S/C14H24O3/c1-12(15)17-14(16)13-10-8-6-4-2-3-5-7-9-11-13/h13H,2-11H2,1H3. The van der Waals surface area contributed by atoms with Crippen LogP contribution in [0.15, 0.2) is 0 Å². The second kappa shape index (κ2) is 8.26. The summed E-state index contributed by atoms with van der Waals surface area (Å²) in [5.74, 6) is -0.849. The summed E-state index contributed by atoms with van der Waals surface area (Å²) in [4.78, 5) is 22.5. The minimum atomic E-state index is -0.482. The number of ether oxygens (including phenoxy) is 1. The molecule has 0 N–H and O–H groups in total. The fourth-order valence-electron chi connectivity index (χ4n) is 2.45. The van der Waals surface area contributed by atoms with Gasteiger partial charge in [0.05, 0.1) is 5.92 Å². The summed E-state index contributed by atoms with van der Waals surface area (Å²) in [7, 11) is 0. The van der Waals surface area contributed by atoms with Crippen molar-refractivity contribution in [1.82, 2.24) is 0 Å². The normalized spacial score (nSPS) is 20.3. The van der Waals surface area contributed by atoms with Gasteiger partial charge in [0.25, 0.3) is 0 Å². The van der Waals surface area contributed by atoms with E-state index in [2.05, 4.69) is 0 Å². The van der Waals surface area contributed by atoms with E-state index in [4.69, 9.17) is 4.74 Å². The molecule has 0 heterocycles. The third kappa shape index (κ3) is 6.44. The maximum Gasteiger partial charge on any atom is 0.316 e. The van der Waals surface area contributed by atoms with Crippen molar-refractivity contribution in [3.8, 4) is 0 Å². The topological polar surface area (TPSA) is 43.4 Å². The highest BCUT2D eigenvalue weighted by molar-refractivity contribution is 5.85. The molecule has 3 nitrogen and oxygen atoms in total. The van der Waals surface area contributed by atoms with Crippen molar-refractivity contribution < 1.29 is 14.3 Å². The zero-order chi connectivity index (χ0) is 12.5. The van der Waals surface area contributed by atoms with Crippen LogP contribution in [0.4, 0.5) is 0 Å². The Kier molecular flexibility index (Phi) is 6.90. The van der Waals surface area contributed by atoms with Gasteiger partial charge in [-0.2, -0.15) is 0 Å². The molecule has 1 saturated carbocycles. The molecule has 0 aromatic heterocycles. The molecule has 98 valence electrons. The molecule has 1 fully saturated rings. The van der Waals surface area contributed by atoms with E-state index in [1.807, 2.05) is 0 Å². The Hall–Kier alpha value is -0.860. The van der Waals surface area contributed by atoms with Crippen molar-refractivity contribution >= 4 is 11.9 Å². The van der Waals surface area contributed by atoms with Crippen molar-refractivity contribution in [2.75, 3.05) is 0 Å². The second-order valence-corrected chi connectivity index (χ2v) is 5.02. The van der Waals surface area contributed by atoms with Crippen LogP contribution in [0.3, 0.4) is 0 Å². The number of hydrogen-bond donors (Lipinski definition) is 0. The van der Waals surface area contributed by atoms with Crippen LogP contribution in [-0.2, 0) is 14.3 Å². The molecule has 0 atom stereocenters. The SMILES string of the molecule is CC(=O)OC(=O)C1CCCCCCCCCC1. The highest BCUT2D eigenvalue weighted by Crippen LogP contribution is 2.22. The molecule has 0 aromatic carbocycles. The maximum absolute atomic E-state index is 11.7. The van der Waals surface area contributed by atoms with Gasteiger partial charge in [-0.3, -0.25) is 9.59 Å². The van der Waals surface area contributed by atoms with Crippen molar-refractivity contribution in [1.29, 1.82) is 0 Å². The van der Waals surface area contributed by atoms with Crippen molar-refractivity contribution in [3.05, 3.63) is 0 Å². The third-order valence-electron chi connectivity index (χ3n) is 3.43. The highest BCUT2D eigenvalue weighted by atomic mass is 16.6. The molecular formula is C14H24O3. The van der Waals surface area contributed by atoms with Gasteiger partial charge in [-0.15, -0.1) is 0 Å². The molecular weight excluding hydrogens is 216 g/mol. The van der Waals surface area contributed by atoms with Crippen molar-refractivity contribution in [2.24, 2.45) is 5.92 Å². The average molecular weight is 240 g/mol. The van der Waals surface area contributed by atoms with Crippen LogP contribution in [0.2, 0.25) is 0 Å². The van der Waals surface area contributed by atoms with Gasteiger partial charge in [0.2, 0.25) is 0 Å². The molecule has 17 heavy (non-hydrogen) atoms. The Balaban J connectivity index is 2.41. The highest BCUT2D eigenvalue weighted by Gasteiger charge is 2.20. The Morgan fingerprint density at radius 1 is 0.824 bits per heavy atom. The largest absolute Gasteiger partial charge is 0.393 e. The quantitative estimate of drug-likeness (QED) is 0.519. The predicted octanol–water partition coefficient (Wildman–Crippen LogP) is 3.61. The minimum Gasteiger partial charge on any atom is -0.393 e. The third-order valence-corrected chi connectivity index (χ3v) is 3.43. The fourth-order valence-corrected chi connectivity index (χ4v) is 2.45. The van der Waals surface area contributed by atoms with Crippen LogP contribution in [0.25, 0.3) is 0 Å². The molecule has 0 aliphatic heterocycles. The van der Waals surface area contributed by atoms with Crippen molar-refractivity contribution in [2.45, 2.75) is 71.1 Å². The van der Waals surface area contributed by atoms with Gasteiger partial charge < -0.3 is 4.74 Å². The molecule has 0 radical (unpaired) electrons. The van der Waals surface area contributed by atoms with E-state index in [9.17, 15) is 9.59 Å². The van der Waals surface area contributed by atoms with Gasteiger partial charge in [-0.05, 0) is 12.8 Å². The molecule has 0 saturated heterocycles. The first-order valence-corrected chi connectivity index (χ1v) is 6.92. The average Bonchev–Trinajstić information content (AvgIpc) is 2.32. The molecule has 1 aliphatic rings. The number of carbonyl (C=O) groups excluding carboxylic acids is 2. The van der Waals surface area contributed by atoms with E-state index in [0.717, 1.165) is 25.7 Å². The van der Waals surface area contributed by atoms with E-state index in [-0.39, 0.29) is 11.9 Å². The lowest BCUT2D eigenvalue weighted by molar-refractivity contribution is -0.161. The van der Waals surface area contributed by atoms with Crippen LogP contribution in [-0.4, -0.2) is 11.9 Å². The van der Waals surface area contributed by atoms with Gasteiger partial charge in [0.15, 0.2) is 0 Å². The number of carbonyl (C=O) groups is 2. The predicted molar refractivity (Wildman–Crippen MR) is 66.4 cm³/mol. The summed E-state index contributed by atoms with van der Waals surface area (Å²) in [6, 6.07) is 0.